The van der Waals surface area contributed by atoms with E-state index in [1.54, 1.807) is 0 Å². The molecule has 0 aliphatic heterocycles. The molecule has 118 valence electrons. The maximum Gasteiger partial charge on any atom is 0.407 e. The minimum absolute atomic E-state index is 0.0237. The second kappa shape index (κ2) is 9.25. The Kier molecular flexibility index (Phi) is 8.03. The summed E-state index contributed by atoms with van der Waals surface area (Å²) >= 11 is 2.29. The molecule has 0 aromatic heterocycles. The van der Waals surface area contributed by atoms with Crippen LogP contribution in [-0.2, 0) is 16.1 Å². The summed E-state index contributed by atoms with van der Waals surface area (Å²) in [6.45, 7) is 6.78. The van der Waals surface area contributed by atoms with E-state index in [0.717, 1.165) is 16.4 Å². The van der Waals surface area contributed by atoms with Gasteiger partial charge in [-0.2, -0.15) is 0 Å². The van der Waals surface area contributed by atoms with Crippen LogP contribution in [0.2, 0.25) is 0 Å². The first-order chi connectivity index (χ1) is 9.90. The molecule has 0 radical (unpaired) electrons. The topological polar surface area (TPSA) is 47.6 Å². The summed E-state index contributed by atoms with van der Waals surface area (Å²) in [4.78, 5) is 11.8. The zero-order valence-electron chi connectivity index (χ0n) is 12.9. The molecule has 1 rings (SSSR count). The molecule has 0 saturated heterocycles. The maximum absolute atomic E-state index is 11.8. The first kappa shape index (κ1) is 18.2. The van der Waals surface area contributed by atoms with Gasteiger partial charge in [0, 0.05) is 4.43 Å². The van der Waals surface area contributed by atoms with Crippen LogP contribution in [0.5, 0.6) is 0 Å². The fourth-order valence-electron chi connectivity index (χ4n) is 1.61. The average molecular weight is 405 g/mol. The van der Waals surface area contributed by atoms with Crippen molar-refractivity contribution in [2.24, 2.45) is 0 Å². The Hall–Kier alpha value is -0.820. The predicted octanol–water partition coefficient (Wildman–Crippen LogP) is 3.92. The number of carbonyl (C=O) groups is 1. The number of benzene rings is 1. The molecule has 0 bridgehead atoms. The minimum atomic E-state index is -0.397. The third-order valence-electron chi connectivity index (χ3n) is 2.71. The summed E-state index contributed by atoms with van der Waals surface area (Å²) in [5.74, 6) is 0. The fourth-order valence-corrected chi connectivity index (χ4v) is 2.36. The average Bonchev–Trinajstić information content (AvgIpc) is 2.43. The number of nitrogens with one attached hydrogen (secondary N) is 1. The van der Waals surface area contributed by atoms with Gasteiger partial charge in [0.2, 0.25) is 0 Å². The molecule has 1 atom stereocenters. The highest BCUT2D eigenvalue weighted by Gasteiger charge is 2.17. The monoisotopic (exact) mass is 405 g/mol. The lowest BCUT2D eigenvalue weighted by Gasteiger charge is -2.24. The zero-order chi connectivity index (χ0) is 15.7. The summed E-state index contributed by atoms with van der Waals surface area (Å²) in [6, 6.07) is 9.61. The lowest BCUT2D eigenvalue weighted by molar-refractivity contribution is -0.0148. The third kappa shape index (κ3) is 8.93. The van der Waals surface area contributed by atoms with E-state index in [1.807, 2.05) is 51.1 Å². The van der Waals surface area contributed by atoms with E-state index in [2.05, 4.69) is 27.9 Å². The van der Waals surface area contributed by atoms with Crippen LogP contribution in [0.25, 0.3) is 0 Å². The number of hydrogen-bond donors (Lipinski definition) is 1. The lowest BCUT2D eigenvalue weighted by atomic mass is 10.2. The molecule has 0 heterocycles. The summed E-state index contributed by atoms with van der Waals surface area (Å²) in [5, 5.41) is 2.87. The van der Waals surface area contributed by atoms with Gasteiger partial charge in [-0.25, -0.2) is 4.79 Å². The molecule has 1 unspecified atom stereocenters. The molecule has 0 fully saturated rings. The first-order valence-electron chi connectivity index (χ1n) is 7.08. The van der Waals surface area contributed by atoms with Crippen molar-refractivity contribution >= 4 is 28.7 Å². The maximum atomic E-state index is 11.8. The van der Waals surface area contributed by atoms with Crippen LogP contribution < -0.4 is 5.32 Å². The van der Waals surface area contributed by atoms with Crippen molar-refractivity contribution < 1.29 is 14.3 Å². The van der Waals surface area contributed by atoms with E-state index in [-0.39, 0.29) is 18.2 Å². The molecule has 0 aliphatic rings. The molecule has 5 heteroatoms. The van der Waals surface area contributed by atoms with Gasteiger partial charge in [0.1, 0.15) is 6.61 Å². The van der Waals surface area contributed by atoms with Gasteiger partial charge in [-0.15, -0.1) is 0 Å². The molecule has 0 aliphatic carbocycles. The van der Waals surface area contributed by atoms with Crippen molar-refractivity contribution in [3.8, 4) is 0 Å². The van der Waals surface area contributed by atoms with Crippen LogP contribution in [0.15, 0.2) is 30.3 Å². The van der Waals surface area contributed by atoms with E-state index < -0.39 is 6.09 Å². The van der Waals surface area contributed by atoms with Crippen molar-refractivity contribution in [3.05, 3.63) is 35.9 Å². The quantitative estimate of drug-likeness (QED) is 0.553. The highest BCUT2D eigenvalue weighted by molar-refractivity contribution is 14.1. The summed E-state index contributed by atoms with van der Waals surface area (Å²) in [7, 11) is 0. The first-order valence-corrected chi connectivity index (χ1v) is 8.60. The number of ether oxygens (including phenoxy) is 2. The third-order valence-corrected chi connectivity index (χ3v) is 3.33. The minimum Gasteiger partial charge on any atom is -0.445 e. The van der Waals surface area contributed by atoms with Crippen molar-refractivity contribution in [3.63, 3.8) is 0 Å². The Bertz CT molecular complexity index is 417. The van der Waals surface area contributed by atoms with Crippen LogP contribution >= 0.6 is 22.6 Å². The number of amides is 1. The standard InChI is InChI=1S/C16H24INO3/c1-16(2,3)21-12-14(9-10-17)18-15(19)20-11-13-7-5-4-6-8-13/h4-8,14H,9-12H2,1-3H3,(H,18,19). The molecule has 21 heavy (non-hydrogen) atoms. The summed E-state index contributed by atoms with van der Waals surface area (Å²) in [5.41, 5.74) is 0.767. The molecule has 1 aromatic rings. The van der Waals surface area contributed by atoms with E-state index in [1.165, 1.54) is 0 Å². The molecule has 1 aromatic carbocycles. The van der Waals surface area contributed by atoms with Crippen molar-refractivity contribution in [1.82, 2.24) is 5.32 Å². The van der Waals surface area contributed by atoms with Crippen LogP contribution in [0.4, 0.5) is 4.79 Å². The lowest BCUT2D eigenvalue weighted by Crippen LogP contribution is -2.40. The molecule has 1 amide bonds. The number of halogens is 1. The van der Waals surface area contributed by atoms with Gasteiger partial charge in [0.05, 0.1) is 18.2 Å². The number of hydrogen-bond acceptors (Lipinski definition) is 3. The van der Waals surface area contributed by atoms with Gasteiger partial charge in [0.15, 0.2) is 0 Å². The Labute approximate surface area is 140 Å². The molecular weight excluding hydrogens is 381 g/mol. The fraction of sp³-hybridized carbons (Fsp3) is 0.562. The number of alkyl halides is 1. The Morgan fingerprint density at radius 1 is 1.29 bits per heavy atom. The number of carbonyl (C=O) groups excluding carboxylic acids is 1. The SMILES string of the molecule is CC(C)(C)OCC(CCI)NC(=O)OCc1ccccc1. The smallest absolute Gasteiger partial charge is 0.407 e. The van der Waals surface area contributed by atoms with E-state index in [0.29, 0.717) is 6.61 Å². The van der Waals surface area contributed by atoms with Gasteiger partial charge in [-0.1, -0.05) is 52.9 Å². The van der Waals surface area contributed by atoms with Gasteiger partial charge in [-0.3, -0.25) is 0 Å². The molecular formula is C16H24INO3. The molecule has 0 saturated carbocycles. The number of alkyl carbamates (subject to hydrolysis) is 1. The van der Waals surface area contributed by atoms with Gasteiger partial charge in [-0.05, 0) is 32.8 Å². The van der Waals surface area contributed by atoms with Gasteiger partial charge in [0.25, 0.3) is 0 Å². The van der Waals surface area contributed by atoms with Crippen molar-refractivity contribution in [1.29, 1.82) is 0 Å². The van der Waals surface area contributed by atoms with E-state index >= 15 is 0 Å². The summed E-state index contributed by atoms with van der Waals surface area (Å²) in [6.07, 6.45) is 0.461. The van der Waals surface area contributed by atoms with Gasteiger partial charge < -0.3 is 14.8 Å². The van der Waals surface area contributed by atoms with Crippen LogP contribution in [0, 0.1) is 0 Å². The largest absolute Gasteiger partial charge is 0.445 e. The molecule has 1 N–H and O–H groups in total. The van der Waals surface area contributed by atoms with Crippen LogP contribution in [0.3, 0.4) is 0 Å². The normalized spacial score (nSPS) is 12.8. The molecule has 4 nitrogen and oxygen atoms in total. The highest BCUT2D eigenvalue weighted by Crippen LogP contribution is 2.09. The van der Waals surface area contributed by atoms with Gasteiger partial charge >= 0.3 is 6.09 Å². The van der Waals surface area contributed by atoms with Crippen molar-refractivity contribution in [2.75, 3.05) is 11.0 Å². The Morgan fingerprint density at radius 3 is 2.52 bits per heavy atom. The number of rotatable bonds is 7. The second-order valence-electron chi connectivity index (χ2n) is 5.80. The summed E-state index contributed by atoms with van der Waals surface area (Å²) < 4.78 is 11.9. The Morgan fingerprint density at radius 2 is 1.95 bits per heavy atom. The van der Waals surface area contributed by atoms with Crippen LogP contribution in [-0.4, -0.2) is 28.8 Å². The van der Waals surface area contributed by atoms with E-state index in [4.69, 9.17) is 9.47 Å². The van der Waals surface area contributed by atoms with E-state index in [9.17, 15) is 4.79 Å². The predicted molar refractivity (Wildman–Crippen MR) is 92.8 cm³/mol. The van der Waals surface area contributed by atoms with Crippen LogP contribution in [0.1, 0.15) is 32.8 Å². The zero-order valence-corrected chi connectivity index (χ0v) is 15.1. The Balaban J connectivity index is 2.37. The second-order valence-corrected chi connectivity index (χ2v) is 6.88. The van der Waals surface area contributed by atoms with Crippen molar-refractivity contribution in [2.45, 2.75) is 45.4 Å². The highest BCUT2D eigenvalue weighted by atomic mass is 127. The molecule has 0 spiro atoms.